The summed E-state index contributed by atoms with van der Waals surface area (Å²) in [5, 5.41) is 0. The summed E-state index contributed by atoms with van der Waals surface area (Å²) in [4.78, 5) is 16.9. The van der Waals surface area contributed by atoms with Gasteiger partial charge in [0.15, 0.2) is 5.70 Å². The first-order valence-electron chi connectivity index (χ1n) is 10.6. The van der Waals surface area contributed by atoms with Crippen molar-refractivity contribution in [1.29, 1.82) is 0 Å². The van der Waals surface area contributed by atoms with Crippen molar-refractivity contribution in [3.8, 4) is 5.75 Å². The minimum Gasteiger partial charge on any atom is -0.487 e. The molecule has 6 heteroatoms. The number of hydrogen-bond acceptors (Lipinski definition) is 4. The fraction of sp³-hybridized carbons (Fsp3) is 0.185. The molecule has 1 heterocycles. The summed E-state index contributed by atoms with van der Waals surface area (Å²) in [5.74, 6) is 1.17. The molecule has 0 saturated heterocycles. The van der Waals surface area contributed by atoms with E-state index in [0.29, 0.717) is 18.4 Å². The van der Waals surface area contributed by atoms with E-state index in [1.54, 1.807) is 6.08 Å². The van der Waals surface area contributed by atoms with Crippen LogP contribution in [0, 0.1) is 14.1 Å². The molecule has 0 spiro atoms. The number of halogens is 2. The number of rotatable bonds is 6. The van der Waals surface area contributed by atoms with E-state index in [4.69, 9.17) is 9.47 Å². The molecule has 0 amide bonds. The number of cyclic esters (lactones) is 1. The molecule has 0 atom stereocenters. The summed E-state index contributed by atoms with van der Waals surface area (Å²) in [6.07, 6.45) is 1.76. The number of benzene rings is 3. The number of carbonyl (C=O) groups is 1. The van der Waals surface area contributed by atoms with E-state index in [1.165, 1.54) is 11.1 Å². The Kier molecular flexibility index (Phi) is 7.53. The van der Waals surface area contributed by atoms with Gasteiger partial charge in [-0.05, 0) is 105 Å². The zero-order valence-electron chi connectivity index (χ0n) is 18.6. The minimum atomic E-state index is -0.442. The van der Waals surface area contributed by atoms with Gasteiger partial charge in [0.05, 0.1) is 7.14 Å². The predicted molar refractivity (Wildman–Crippen MR) is 149 cm³/mol. The summed E-state index contributed by atoms with van der Waals surface area (Å²) in [7, 11) is 0. The fourth-order valence-electron chi connectivity index (χ4n) is 3.46. The first-order chi connectivity index (χ1) is 15.8. The lowest BCUT2D eigenvalue weighted by molar-refractivity contribution is -0.129. The lowest BCUT2D eigenvalue weighted by atomic mass is 10.0. The van der Waals surface area contributed by atoms with Gasteiger partial charge in [-0.15, -0.1) is 0 Å². The number of ether oxygens (including phenoxy) is 2. The zero-order chi connectivity index (χ0) is 23.5. The second-order valence-corrected chi connectivity index (χ2v) is 10.5. The highest BCUT2D eigenvalue weighted by molar-refractivity contribution is 14.1. The van der Waals surface area contributed by atoms with Crippen molar-refractivity contribution in [3.63, 3.8) is 0 Å². The quantitative estimate of drug-likeness (QED) is 0.159. The molecular formula is C27H23I2NO3. The Bertz CT molecular complexity index is 1240. The molecule has 3 aromatic rings. The summed E-state index contributed by atoms with van der Waals surface area (Å²) < 4.78 is 13.5. The zero-order valence-corrected chi connectivity index (χ0v) is 22.9. The first-order valence-corrected chi connectivity index (χ1v) is 12.8. The number of aryl methyl sites for hydroxylation is 1. The molecule has 4 nitrogen and oxygen atoms in total. The van der Waals surface area contributed by atoms with E-state index in [-0.39, 0.29) is 5.70 Å². The van der Waals surface area contributed by atoms with Gasteiger partial charge in [-0.3, -0.25) is 0 Å². The Morgan fingerprint density at radius 1 is 1.03 bits per heavy atom. The van der Waals surface area contributed by atoms with Crippen LogP contribution < -0.4 is 4.74 Å². The predicted octanol–water partition coefficient (Wildman–Crippen LogP) is 7.25. The molecule has 33 heavy (non-hydrogen) atoms. The van der Waals surface area contributed by atoms with Gasteiger partial charge >= 0.3 is 5.97 Å². The average Bonchev–Trinajstić information content (AvgIpc) is 3.13. The SMILES string of the molecule is Cc1cccc(COc2c(I)cc(/C=C3\N=C(c4ccc(C(C)C)cc4)OC3=O)cc2I)c1. The molecule has 0 aromatic heterocycles. The second-order valence-electron chi connectivity index (χ2n) is 8.20. The number of nitrogens with zero attached hydrogens (tertiary/aromatic N) is 1. The second kappa shape index (κ2) is 10.4. The molecular weight excluding hydrogens is 640 g/mol. The van der Waals surface area contributed by atoms with Crippen molar-refractivity contribution in [2.45, 2.75) is 33.3 Å². The third-order valence-corrected chi connectivity index (χ3v) is 6.84. The van der Waals surface area contributed by atoms with Gasteiger partial charge in [0, 0.05) is 5.56 Å². The van der Waals surface area contributed by atoms with Crippen LogP contribution in [0.5, 0.6) is 5.75 Å². The van der Waals surface area contributed by atoms with E-state index in [1.807, 2.05) is 42.5 Å². The minimum absolute atomic E-state index is 0.290. The third-order valence-electron chi connectivity index (χ3n) is 5.23. The van der Waals surface area contributed by atoms with Gasteiger partial charge in [0.1, 0.15) is 12.4 Å². The van der Waals surface area contributed by atoms with E-state index < -0.39 is 5.97 Å². The topological polar surface area (TPSA) is 47.9 Å². The van der Waals surface area contributed by atoms with Crippen LogP contribution in [0.2, 0.25) is 0 Å². The molecule has 0 radical (unpaired) electrons. The van der Waals surface area contributed by atoms with Gasteiger partial charge in [-0.2, -0.15) is 0 Å². The van der Waals surface area contributed by atoms with E-state index in [2.05, 4.69) is 89.1 Å². The Labute approximate surface area is 221 Å². The molecule has 4 rings (SSSR count). The van der Waals surface area contributed by atoms with E-state index in [0.717, 1.165) is 29.6 Å². The van der Waals surface area contributed by atoms with Crippen molar-refractivity contribution < 1.29 is 14.3 Å². The highest BCUT2D eigenvalue weighted by Gasteiger charge is 2.24. The number of aliphatic imine (C=N–C) groups is 1. The lowest BCUT2D eigenvalue weighted by Gasteiger charge is -2.12. The van der Waals surface area contributed by atoms with Crippen LogP contribution in [-0.2, 0) is 16.1 Å². The Balaban J connectivity index is 1.54. The van der Waals surface area contributed by atoms with Crippen molar-refractivity contribution in [1.82, 2.24) is 0 Å². The van der Waals surface area contributed by atoms with Crippen molar-refractivity contribution in [3.05, 3.63) is 101 Å². The largest absolute Gasteiger partial charge is 0.487 e. The molecule has 0 saturated carbocycles. The van der Waals surface area contributed by atoms with Crippen LogP contribution in [0.3, 0.4) is 0 Å². The summed E-state index contributed by atoms with van der Waals surface area (Å²) in [5.41, 5.74) is 5.52. The summed E-state index contributed by atoms with van der Waals surface area (Å²) in [6, 6.07) is 20.2. The maximum Gasteiger partial charge on any atom is 0.363 e. The molecule has 0 fully saturated rings. The molecule has 0 unspecified atom stereocenters. The summed E-state index contributed by atoms with van der Waals surface area (Å²) in [6.45, 7) is 6.86. The van der Waals surface area contributed by atoms with Crippen LogP contribution in [0.25, 0.3) is 6.08 Å². The van der Waals surface area contributed by atoms with Crippen molar-refractivity contribution in [2.75, 3.05) is 0 Å². The molecule has 0 N–H and O–H groups in total. The van der Waals surface area contributed by atoms with E-state index in [9.17, 15) is 4.79 Å². The van der Waals surface area contributed by atoms with Crippen LogP contribution >= 0.6 is 45.2 Å². The maximum atomic E-state index is 12.4. The highest BCUT2D eigenvalue weighted by Crippen LogP contribution is 2.31. The third kappa shape index (κ3) is 5.84. The van der Waals surface area contributed by atoms with Gasteiger partial charge in [0.25, 0.3) is 0 Å². The van der Waals surface area contributed by atoms with Gasteiger partial charge in [0.2, 0.25) is 5.90 Å². The van der Waals surface area contributed by atoms with Gasteiger partial charge < -0.3 is 9.47 Å². The monoisotopic (exact) mass is 663 g/mol. The molecule has 0 aliphatic carbocycles. The fourth-order valence-corrected chi connectivity index (χ4v) is 5.59. The highest BCUT2D eigenvalue weighted by atomic mass is 127. The number of esters is 1. The van der Waals surface area contributed by atoms with Crippen LogP contribution in [0.15, 0.2) is 71.4 Å². The molecule has 168 valence electrons. The smallest absolute Gasteiger partial charge is 0.363 e. The normalized spacial score (nSPS) is 14.5. The van der Waals surface area contributed by atoms with Gasteiger partial charge in [-0.1, -0.05) is 55.8 Å². The Hall–Kier alpha value is -2.20. The van der Waals surface area contributed by atoms with Crippen LogP contribution in [-0.4, -0.2) is 11.9 Å². The molecule has 1 aliphatic rings. The number of carbonyl (C=O) groups excluding carboxylic acids is 1. The van der Waals surface area contributed by atoms with Crippen molar-refractivity contribution in [2.24, 2.45) is 4.99 Å². The van der Waals surface area contributed by atoms with Crippen LogP contribution in [0.4, 0.5) is 0 Å². The van der Waals surface area contributed by atoms with Gasteiger partial charge in [-0.25, -0.2) is 9.79 Å². The lowest BCUT2D eigenvalue weighted by Crippen LogP contribution is -2.05. The summed E-state index contributed by atoms with van der Waals surface area (Å²) >= 11 is 4.53. The van der Waals surface area contributed by atoms with E-state index >= 15 is 0 Å². The van der Waals surface area contributed by atoms with Crippen LogP contribution in [0.1, 0.15) is 47.6 Å². The number of hydrogen-bond donors (Lipinski definition) is 0. The maximum absolute atomic E-state index is 12.4. The average molecular weight is 663 g/mol. The molecule has 0 bridgehead atoms. The first kappa shape index (κ1) is 23.9. The Morgan fingerprint density at radius 3 is 2.36 bits per heavy atom. The molecule has 3 aromatic carbocycles. The van der Waals surface area contributed by atoms with Crippen molar-refractivity contribution >= 4 is 63.1 Å². The Morgan fingerprint density at radius 2 is 1.73 bits per heavy atom. The standard InChI is InChI=1S/C27H23I2NO3/c1-16(2)20-7-9-21(10-8-20)26-30-24(27(31)33-26)14-19-12-22(28)25(23(29)13-19)32-15-18-6-4-5-17(3)11-18/h4-14,16H,15H2,1-3H3/b24-14-. The molecule has 1 aliphatic heterocycles.